The monoisotopic (exact) mass is 286 g/mol. The van der Waals surface area contributed by atoms with Gasteiger partial charge in [-0.25, -0.2) is 0 Å². The first-order chi connectivity index (χ1) is 10.3. The molecule has 1 heterocycles. The molecule has 0 bridgehead atoms. The van der Waals surface area contributed by atoms with Crippen molar-refractivity contribution in [2.24, 2.45) is 0 Å². The van der Waals surface area contributed by atoms with Crippen molar-refractivity contribution in [1.82, 2.24) is 10.3 Å². The average Bonchev–Trinajstić information content (AvgIpc) is 2.53. The Balaban J connectivity index is 1.83. The predicted octanol–water partition coefficient (Wildman–Crippen LogP) is 1.31. The Morgan fingerprint density at radius 3 is 2.67 bits per heavy atom. The number of benzene rings is 1. The minimum Gasteiger partial charge on any atom is -0.489 e. The van der Waals surface area contributed by atoms with Crippen LogP contribution in [-0.4, -0.2) is 29.1 Å². The topological polar surface area (TPSA) is 71.5 Å². The van der Waals surface area contributed by atoms with Gasteiger partial charge in [0.15, 0.2) is 0 Å². The zero-order valence-corrected chi connectivity index (χ0v) is 11.7. The maximum atomic E-state index is 11.5. The maximum absolute atomic E-state index is 11.5. The molecule has 0 saturated heterocycles. The number of aliphatic hydroxyl groups excluding tert-OH is 1. The largest absolute Gasteiger partial charge is 0.489 e. The van der Waals surface area contributed by atoms with E-state index in [9.17, 15) is 4.79 Å². The molecular formula is C16H18N2O3. The van der Waals surface area contributed by atoms with Crippen LogP contribution in [0.25, 0.3) is 0 Å². The third-order valence-corrected chi connectivity index (χ3v) is 2.85. The molecule has 21 heavy (non-hydrogen) atoms. The van der Waals surface area contributed by atoms with Gasteiger partial charge in [-0.1, -0.05) is 18.2 Å². The van der Waals surface area contributed by atoms with Gasteiger partial charge in [-0.15, -0.1) is 0 Å². The van der Waals surface area contributed by atoms with Crippen molar-refractivity contribution in [1.29, 1.82) is 0 Å². The Morgan fingerprint density at radius 2 is 2.00 bits per heavy atom. The van der Waals surface area contributed by atoms with E-state index in [0.29, 0.717) is 13.0 Å². The Morgan fingerprint density at radius 1 is 1.19 bits per heavy atom. The van der Waals surface area contributed by atoms with Crippen LogP contribution in [0.3, 0.4) is 0 Å². The molecule has 1 aromatic heterocycles. The number of hydrogen-bond acceptors (Lipinski definition) is 4. The van der Waals surface area contributed by atoms with E-state index in [1.807, 2.05) is 36.4 Å². The lowest BCUT2D eigenvalue weighted by Crippen LogP contribution is -2.27. The highest BCUT2D eigenvalue weighted by atomic mass is 16.5. The van der Waals surface area contributed by atoms with E-state index in [0.717, 1.165) is 16.9 Å². The third kappa shape index (κ3) is 5.24. The highest BCUT2D eigenvalue weighted by Crippen LogP contribution is 2.14. The van der Waals surface area contributed by atoms with Crippen LogP contribution in [0.2, 0.25) is 0 Å². The van der Waals surface area contributed by atoms with Crippen molar-refractivity contribution >= 4 is 5.91 Å². The van der Waals surface area contributed by atoms with E-state index < -0.39 is 0 Å². The molecule has 0 radical (unpaired) electrons. The number of carbonyl (C=O) groups excluding carboxylic acids is 1. The van der Waals surface area contributed by atoms with Crippen molar-refractivity contribution in [2.75, 3.05) is 13.2 Å². The van der Waals surface area contributed by atoms with Crippen LogP contribution in [0, 0.1) is 0 Å². The van der Waals surface area contributed by atoms with Crippen molar-refractivity contribution in [3.8, 4) is 5.75 Å². The lowest BCUT2D eigenvalue weighted by Gasteiger charge is -2.07. The number of carbonyl (C=O) groups is 1. The Hall–Kier alpha value is -2.40. The van der Waals surface area contributed by atoms with Crippen LogP contribution in [0.4, 0.5) is 0 Å². The molecule has 0 spiro atoms. The summed E-state index contributed by atoms with van der Waals surface area (Å²) >= 11 is 0. The first-order valence-electron chi connectivity index (χ1n) is 6.76. The van der Waals surface area contributed by atoms with Gasteiger partial charge in [0.1, 0.15) is 12.4 Å². The Labute approximate surface area is 123 Å². The van der Waals surface area contributed by atoms with Crippen LogP contribution < -0.4 is 10.1 Å². The summed E-state index contributed by atoms with van der Waals surface area (Å²) in [4.78, 5) is 15.5. The number of rotatable bonds is 7. The summed E-state index contributed by atoms with van der Waals surface area (Å²) in [6, 6.07) is 11.2. The van der Waals surface area contributed by atoms with E-state index >= 15 is 0 Å². The molecule has 5 heteroatoms. The molecule has 1 amide bonds. The standard InChI is InChI=1S/C16H18N2O3/c19-9-8-18-16(20)10-13-3-5-15(6-4-13)21-12-14-2-1-7-17-11-14/h1-7,11,19H,8-10,12H2,(H,18,20). The van der Waals surface area contributed by atoms with Gasteiger partial charge in [0.25, 0.3) is 0 Å². The van der Waals surface area contributed by atoms with Gasteiger partial charge >= 0.3 is 0 Å². The fraction of sp³-hybridized carbons (Fsp3) is 0.250. The van der Waals surface area contributed by atoms with E-state index in [1.165, 1.54) is 0 Å². The number of nitrogens with one attached hydrogen (secondary N) is 1. The first kappa shape index (κ1) is 15.0. The summed E-state index contributed by atoms with van der Waals surface area (Å²) in [5.41, 5.74) is 1.91. The molecule has 0 saturated carbocycles. The number of aliphatic hydroxyl groups is 1. The van der Waals surface area contributed by atoms with E-state index in [4.69, 9.17) is 9.84 Å². The fourth-order valence-corrected chi connectivity index (χ4v) is 1.80. The normalized spacial score (nSPS) is 10.1. The second-order valence-electron chi connectivity index (χ2n) is 4.54. The smallest absolute Gasteiger partial charge is 0.224 e. The minimum absolute atomic E-state index is 0.0487. The molecule has 0 aliphatic carbocycles. The van der Waals surface area contributed by atoms with Crippen LogP contribution in [0.5, 0.6) is 5.75 Å². The highest BCUT2D eigenvalue weighted by Gasteiger charge is 2.03. The van der Waals surface area contributed by atoms with Gasteiger partial charge in [0.05, 0.1) is 13.0 Å². The van der Waals surface area contributed by atoms with Crippen LogP contribution in [-0.2, 0) is 17.8 Å². The first-order valence-corrected chi connectivity index (χ1v) is 6.76. The van der Waals surface area contributed by atoms with Crippen LogP contribution in [0.15, 0.2) is 48.8 Å². The average molecular weight is 286 g/mol. The molecule has 0 aliphatic heterocycles. The summed E-state index contributed by atoms with van der Waals surface area (Å²) in [5, 5.41) is 11.2. The quantitative estimate of drug-likeness (QED) is 0.805. The minimum atomic E-state index is -0.104. The van der Waals surface area contributed by atoms with Crippen molar-refractivity contribution in [3.05, 3.63) is 59.9 Å². The molecule has 0 atom stereocenters. The highest BCUT2D eigenvalue weighted by molar-refractivity contribution is 5.78. The number of nitrogens with zero attached hydrogens (tertiary/aromatic N) is 1. The molecule has 110 valence electrons. The van der Waals surface area contributed by atoms with Crippen molar-refractivity contribution < 1.29 is 14.6 Å². The second kappa shape index (κ2) is 8.01. The van der Waals surface area contributed by atoms with Gasteiger partial charge in [-0.05, 0) is 23.8 Å². The van der Waals surface area contributed by atoms with E-state index in [-0.39, 0.29) is 19.1 Å². The van der Waals surface area contributed by atoms with Gasteiger partial charge in [-0.2, -0.15) is 0 Å². The number of amides is 1. The van der Waals surface area contributed by atoms with Crippen LogP contribution in [0.1, 0.15) is 11.1 Å². The summed E-state index contributed by atoms with van der Waals surface area (Å²) in [6.45, 7) is 0.697. The SMILES string of the molecule is O=C(Cc1ccc(OCc2cccnc2)cc1)NCCO. The molecule has 5 nitrogen and oxygen atoms in total. The molecule has 0 fully saturated rings. The molecule has 2 rings (SSSR count). The second-order valence-corrected chi connectivity index (χ2v) is 4.54. The number of pyridine rings is 1. The third-order valence-electron chi connectivity index (χ3n) is 2.85. The lowest BCUT2D eigenvalue weighted by molar-refractivity contribution is -0.120. The molecule has 1 aromatic carbocycles. The van der Waals surface area contributed by atoms with Gasteiger partial charge in [0.2, 0.25) is 5.91 Å². The van der Waals surface area contributed by atoms with Crippen molar-refractivity contribution in [2.45, 2.75) is 13.0 Å². The molecular weight excluding hydrogens is 268 g/mol. The predicted molar refractivity (Wildman–Crippen MR) is 78.8 cm³/mol. The van der Waals surface area contributed by atoms with E-state index in [1.54, 1.807) is 12.4 Å². The fourth-order valence-electron chi connectivity index (χ4n) is 1.80. The number of ether oxygens (including phenoxy) is 1. The van der Waals surface area contributed by atoms with Gasteiger partial charge in [0, 0.05) is 24.5 Å². The molecule has 0 unspecified atom stereocenters. The van der Waals surface area contributed by atoms with Gasteiger partial charge < -0.3 is 15.2 Å². The molecule has 2 N–H and O–H groups in total. The lowest BCUT2D eigenvalue weighted by atomic mass is 10.1. The summed E-state index contributed by atoms with van der Waals surface area (Å²) in [5.74, 6) is 0.645. The maximum Gasteiger partial charge on any atom is 0.224 e. The van der Waals surface area contributed by atoms with Crippen LogP contribution >= 0.6 is 0 Å². The number of hydrogen-bond donors (Lipinski definition) is 2. The van der Waals surface area contributed by atoms with E-state index in [2.05, 4.69) is 10.3 Å². The summed E-state index contributed by atoms with van der Waals surface area (Å²) in [7, 11) is 0. The zero-order chi connectivity index (χ0) is 14.9. The summed E-state index contributed by atoms with van der Waals surface area (Å²) < 4.78 is 5.64. The van der Waals surface area contributed by atoms with Gasteiger partial charge in [-0.3, -0.25) is 9.78 Å². The molecule has 2 aromatic rings. The Bertz CT molecular complexity index is 555. The summed E-state index contributed by atoms with van der Waals surface area (Å²) in [6.07, 6.45) is 3.78. The van der Waals surface area contributed by atoms with Crippen molar-refractivity contribution in [3.63, 3.8) is 0 Å². The zero-order valence-electron chi connectivity index (χ0n) is 11.7. The number of aromatic nitrogens is 1. The molecule has 0 aliphatic rings. The Kier molecular flexibility index (Phi) is 5.72.